The first-order valence-corrected chi connectivity index (χ1v) is 6.67. The summed E-state index contributed by atoms with van der Waals surface area (Å²) in [6, 6.07) is 7.02. The van der Waals surface area contributed by atoms with Crippen molar-refractivity contribution in [2.45, 2.75) is 26.3 Å². The standard InChI is InChI=1S/C15H19N3O2/c1-4-12-8-11(9-14(16-3)18-12)15(19)17-10(2)13-6-5-7-20-13/h5-10H,4H2,1-3H3,(H,16,18)(H,17,19). The van der Waals surface area contributed by atoms with Crippen LogP contribution >= 0.6 is 0 Å². The van der Waals surface area contributed by atoms with E-state index in [0.717, 1.165) is 17.9 Å². The summed E-state index contributed by atoms with van der Waals surface area (Å²) in [6.07, 6.45) is 2.38. The van der Waals surface area contributed by atoms with E-state index in [2.05, 4.69) is 15.6 Å². The zero-order valence-electron chi connectivity index (χ0n) is 11.9. The fourth-order valence-electron chi connectivity index (χ4n) is 1.92. The molecule has 2 N–H and O–H groups in total. The van der Waals surface area contributed by atoms with Crippen LogP contribution in [0.5, 0.6) is 0 Å². The molecule has 2 aromatic heterocycles. The quantitative estimate of drug-likeness (QED) is 0.879. The van der Waals surface area contributed by atoms with Crippen LogP contribution in [0.15, 0.2) is 34.9 Å². The van der Waals surface area contributed by atoms with Gasteiger partial charge in [-0.15, -0.1) is 0 Å². The van der Waals surface area contributed by atoms with Gasteiger partial charge in [0.05, 0.1) is 12.3 Å². The van der Waals surface area contributed by atoms with Gasteiger partial charge in [-0.1, -0.05) is 6.92 Å². The van der Waals surface area contributed by atoms with Crippen LogP contribution in [0.3, 0.4) is 0 Å². The molecular weight excluding hydrogens is 254 g/mol. The lowest BCUT2D eigenvalue weighted by Crippen LogP contribution is -2.26. The number of hydrogen-bond donors (Lipinski definition) is 2. The highest BCUT2D eigenvalue weighted by Gasteiger charge is 2.14. The van der Waals surface area contributed by atoms with Gasteiger partial charge in [-0.3, -0.25) is 4.79 Å². The number of carbonyl (C=O) groups excluding carboxylic acids is 1. The van der Waals surface area contributed by atoms with Gasteiger partial charge >= 0.3 is 0 Å². The first kappa shape index (κ1) is 14.1. The van der Waals surface area contributed by atoms with Crippen molar-refractivity contribution in [3.8, 4) is 0 Å². The second kappa shape index (κ2) is 6.23. The van der Waals surface area contributed by atoms with E-state index in [1.807, 2.05) is 26.0 Å². The summed E-state index contributed by atoms with van der Waals surface area (Å²) in [5.41, 5.74) is 1.48. The number of rotatable bonds is 5. The average Bonchev–Trinajstić information content (AvgIpc) is 3.00. The van der Waals surface area contributed by atoms with Crippen LogP contribution in [0.4, 0.5) is 5.82 Å². The van der Waals surface area contributed by atoms with Crippen LogP contribution in [0.25, 0.3) is 0 Å². The van der Waals surface area contributed by atoms with E-state index in [4.69, 9.17) is 4.42 Å². The fourth-order valence-corrected chi connectivity index (χ4v) is 1.92. The van der Waals surface area contributed by atoms with E-state index in [1.165, 1.54) is 0 Å². The molecular formula is C15H19N3O2. The Morgan fingerprint density at radius 1 is 1.45 bits per heavy atom. The van der Waals surface area contributed by atoms with Crippen molar-refractivity contribution in [3.05, 3.63) is 47.5 Å². The normalized spacial score (nSPS) is 11.9. The van der Waals surface area contributed by atoms with Gasteiger partial charge in [0, 0.05) is 18.3 Å². The number of anilines is 1. The smallest absolute Gasteiger partial charge is 0.252 e. The highest BCUT2D eigenvalue weighted by atomic mass is 16.3. The molecule has 0 bridgehead atoms. The third-order valence-electron chi connectivity index (χ3n) is 3.08. The number of nitrogens with one attached hydrogen (secondary N) is 2. The van der Waals surface area contributed by atoms with Crippen LogP contribution in [0.2, 0.25) is 0 Å². The van der Waals surface area contributed by atoms with Crippen molar-refractivity contribution in [2.24, 2.45) is 0 Å². The Kier molecular flexibility index (Phi) is 4.40. The predicted molar refractivity (Wildman–Crippen MR) is 77.8 cm³/mol. The number of amides is 1. The topological polar surface area (TPSA) is 67.2 Å². The first-order valence-electron chi connectivity index (χ1n) is 6.67. The third kappa shape index (κ3) is 3.17. The van der Waals surface area contributed by atoms with Crippen molar-refractivity contribution in [3.63, 3.8) is 0 Å². The molecule has 0 aliphatic carbocycles. The summed E-state index contributed by atoms with van der Waals surface area (Å²) >= 11 is 0. The zero-order chi connectivity index (χ0) is 14.5. The van der Waals surface area contributed by atoms with E-state index < -0.39 is 0 Å². The van der Waals surface area contributed by atoms with Crippen molar-refractivity contribution in [2.75, 3.05) is 12.4 Å². The predicted octanol–water partition coefficient (Wildman–Crippen LogP) is 2.77. The van der Waals surface area contributed by atoms with Crippen LogP contribution in [-0.4, -0.2) is 17.9 Å². The van der Waals surface area contributed by atoms with Gasteiger partial charge < -0.3 is 15.1 Å². The number of aryl methyl sites for hydroxylation is 1. The fraction of sp³-hybridized carbons (Fsp3) is 0.333. The van der Waals surface area contributed by atoms with Crippen molar-refractivity contribution in [1.82, 2.24) is 10.3 Å². The molecule has 2 heterocycles. The first-order chi connectivity index (χ1) is 9.63. The number of carbonyl (C=O) groups is 1. The minimum Gasteiger partial charge on any atom is -0.467 e. The summed E-state index contributed by atoms with van der Waals surface area (Å²) in [5, 5.41) is 5.88. The Balaban J connectivity index is 2.16. The summed E-state index contributed by atoms with van der Waals surface area (Å²) in [5.74, 6) is 1.29. The summed E-state index contributed by atoms with van der Waals surface area (Å²) < 4.78 is 5.28. The molecule has 1 amide bonds. The average molecular weight is 273 g/mol. The highest BCUT2D eigenvalue weighted by molar-refractivity contribution is 5.95. The summed E-state index contributed by atoms with van der Waals surface area (Å²) in [6.45, 7) is 3.90. The lowest BCUT2D eigenvalue weighted by molar-refractivity contribution is 0.0935. The van der Waals surface area contributed by atoms with Gasteiger partial charge in [-0.2, -0.15) is 0 Å². The Bertz CT molecular complexity index is 557. The number of furan rings is 1. The number of aromatic nitrogens is 1. The molecule has 5 nitrogen and oxygen atoms in total. The van der Waals surface area contributed by atoms with E-state index in [-0.39, 0.29) is 11.9 Å². The molecule has 5 heteroatoms. The number of nitrogens with zero attached hydrogens (tertiary/aromatic N) is 1. The van der Waals surface area contributed by atoms with Crippen molar-refractivity contribution < 1.29 is 9.21 Å². The molecule has 0 aliphatic rings. The van der Waals surface area contributed by atoms with Crippen LogP contribution in [-0.2, 0) is 6.42 Å². The molecule has 1 atom stereocenters. The Morgan fingerprint density at radius 2 is 2.25 bits per heavy atom. The van der Waals surface area contributed by atoms with E-state index in [0.29, 0.717) is 11.4 Å². The number of pyridine rings is 1. The monoisotopic (exact) mass is 273 g/mol. The number of hydrogen-bond acceptors (Lipinski definition) is 4. The van der Waals surface area contributed by atoms with Crippen molar-refractivity contribution >= 4 is 11.7 Å². The van der Waals surface area contributed by atoms with Gasteiger partial charge in [0.1, 0.15) is 11.6 Å². The minimum atomic E-state index is -0.172. The van der Waals surface area contributed by atoms with Gasteiger partial charge in [0.2, 0.25) is 0 Å². The van der Waals surface area contributed by atoms with Crippen LogP contribution < -0.4 is 10.6 Å². The third-order valence-corrected chi connectivity index (χ3v) is 3.08. The molecule has 0 saturated heterocycles. The SMILES string of the molecule is CCc1cc(C(=O)NC(C)c2ccco2)cc(NC)n1. The van der Waals surface area contributed by atoms with Gasteiger partial charge in [-0.05, 0) is 37.6 Å². The second-order valence-corrected chi connectivity index (χ2v) is 4.55. The summed E-state index contributed by atoms with van der Waals surface area (Å²) in [4.78, 5) is 16.7. The molecule has 0 fully saturated rings. The van der Waals surface area contributed by atoms with Gasteiger partial charge in [-0.25, -0.2) is 4.98 Å². The molecule has 0 saturated carbocycles. The lowest BCUT2D eigenvalue weighted by atomic mass is 10.1. The van der Waals surface area contributed by atoms with Gasteiger partial charge in [0.15, 0.2) is 0 Å². The lowest BCUT2D eigenvalue weighted by Gasteiger charge is -2.12. The molecule has 0 aromatic carbocycles. The van der Waals surface area contributed by atoms with Gasteiger partial charge in [0.25, 0.3) is 5.91 Å². The van der Waals surface area contributed by atoms with Crippen LogP contribution in [0, 0.1) is 0 Å². The molecule has 106 valence electrons. The molecule has 0 spiro atoms. The van der Waals surface area contributed by atoms with Crippen molar-refractivity contribution in [1.29, 1.82) is 0 Å². The Morgan fingerprint density at radius 3 is 2.85 bits per heavy atom. The zero-order valence-corrected chi connectivity index (χ0v) is 11.9. The summed E-state index contributed by atoms with van der Waals surface area (Å²) in [7, 11) is 1.79. The Hall–Kier alpha value is -2.30. The molecule has 2 rings (SSSR count). The maximum atomic E-state index is 12.3. The molecule has 0 aliphatic heterocycles. The minimum absolute atomic E-state index is 0.137. The maximum Gasteiger partial charge on any atom is 0.252 e. The molecule has 0 radical (unpaired) electrons. The van der Waals surface area contributed by atoms with E-state index >= 15 is 0 Å². The molecule has 2 aromatic rings. The highest BCUT2D eigenvalue weighted by Crippen LogP contribution is 2.15. The van der Waals surface area contributed by atoms with Crippen LogP contribution in [0.1, 0.15) is 41.7 Å². The van der Waals surface area contributed by atoms with E-state index in [9.17, 15) is 4.79 Å². The Labute approximate surface area is 118 Å². The molecule has 20 heavy (non-hydrogen) atoms. The second-order valence-electron chi connectivity index (χ2n) is 4.55. The largest absolute Gasteiger partial charge is 0.467 e. The van der Waals surface area contributed by atoms with E-state index in [1.54, 1.807) is 25.4 Å². The molecule has 1 unspecified atom stereocenters. The maximum absolute atomic E-state index is 12.3.